The Morgan fingerprint density at radius 2 is 1.42 bits per heavy atom. The molecule has 0 saturated carbocycles. The Morgan fingerprint density at radius 1 is 0.962 bits per heavy atom. The molecule has 0 aliphatic heterocycles. The van der Waals surface area contributed by atoms with Gasteiger partial charge in [-0.2, -0.15) is 0 Å². The zero-order valence-corrected chi connectivity index (χ0v) is 15.4. The lowest BCUT2D eigenvalue weighted by Gasteiger charge is -2.34. The third-order valence-corrected chi connectivity index (χ3v) is 3.74. The predicted octanol–water partition coefficient (Wildman–Crippen LogP) is 4.49. The van der Waals surface area contributed by atoms with Crippen LogP contribution in [0.1, 0.15) is 44.4 Å². The van der Waals surface area contributed by atoms with E-state index in [2.05, 4.69) is 0 Å². The third-order valence-electron chi connectivity index (χ3n) is 3.74. The first kappa shape index (κ1) is 19.5. The standard InChI is InChI=1S/C21H25NO4/c1-21(2,3)26-20(25)22(15-14-18(23)24)19(16-10-6-4-7-11-16)17-12-8-5-9-13-17/h4-13,19H,14-15H2,1-3H3,(H,23,24). The number of carboxylic acids is 1. The molecule has 0 unspecified atom stereocenters. The molecule has 0 atom stereocenters. The number of carbonyl (C=O) groups is 2. The Bertz CT molecular complexity index is 683. The molecule has 0 radical (unpaired) electrons. The fourth-order valence-corrected chi connectivity index (χ4v) is 2.69. The number of benzene rings is 2. The van der Waals surface area contributed by atoms with E-state index in [-0.39, 0.29) is 13.0 Å². The van der Waals surface area contributed by atoms with Crippen molar-refractivity contribution < 1.29 is 19.4 Å². The Morgan fingerprint density at radius 3 is 1.81 bits per heavy atom. The molecule has 26 heavy (non-hydrogen) atoms. The van der Waals surface area contributed by atoms with E-state index in [1.807, 2.05) is 60.7 Å². The van der Waals surface area contributed by atoms with Gasteiger partial charge in [-0.3, -0.25) is 9.69 Å². The second-order valence-corrected chi connectivity index (χ2v) is 7.04. The lowest BCUT2D eigenvalue weighted by atomic mass is 9.97. The highest BCUT2D eigenvalue weighted by Gasteiger charge is 2.30. The monoisotopic (exact) mass is 355 g/mol. The quantitative estimate of drug-likeness (QED) is 0.829. The Balaban J connectivity index is 2.46. The van der Waals surface area contributed by atoms with E-state index in [0.717, 1.165) is 11.1 Å². The largest absolute Gasteiger partial charge is 0.481 e. The summed E-state index contributed by atoms with van der Waals surface area (Å²) in [5.74, 6) is -0.960. The fourth-order valence-electron chi connectivity index (χ4n) is 2.69. The van der Waals surface area contributed by atoms with Crippen molar-refractivity contribution in [1.29, 1.82) is 0 Å². The number of nitrogens with zero attached hydrogens (tertiary/aromatic N) is 1. The van der Waals surface area contributed by atoms with Crippen LogP contribution in [0.5, 0.6) is 0 Å². The van der Waals surface area contributed by atoms with Crippen molar-refractivity contribution in [2.75, 3.05) is 6.54 Å². The van der Waals surface area contributed by atoms with Gasteiger partial charge in [0.15, 0.2) is 0 Å². The van der Waals surface area contributed by atoms with E-state index in [0.29, 0.717) is 0 Å². The van der Waals surface area contributed by atoms with E-state index in [1.165, 1.54) is 4.90 Å². The molecular formula is C21H25NO4. The van der Waals surface area contributed by atoms with Crippen LogP contribution < -0.4 is 0 Å². The zero-order valence-electron chi connectivity index (χ0n) is 15.4. The molecule has 1 amide bonds. The molecule has 5 nitrogen and oxygen atoms in total. The molecule has 2 aromatic carbocycles. The molecule has 5 heteroatoms. The molecule has 138 valence electrons. The molecule has 0 aliphatic rings. The molecule has 0 aliphatic carbocycles. The molecular weight excluding hydrogens is 330 g/mol. The smallest absolute Gasteiger partial charge is 0.411 e. The van der Waals surface area contributed by atoms with E-state index >= 15 is 0 Å². The molecule has 0 saturated heterocycles. The van der Waals surface area contributed by atoms with Crippen LogP contribution in [0.2, 0.25) is 0 Å². The number of rotatable bonds is 6. The summed E-state index contributed by atoms with van der Waals surface area (Å²) < 4.78 is 5.55. The Labute approximate surface area is 154 Å². The summed E-state index contributed by atoms with van der Waals surface area (Å²) in [6, 6.07) is 18.7. The summed E-state index contributed by atoms with van der Waals surface area (Å²) in [6.45, 7) is 5.43. The highest BCUT2D eigenvalue weighted by molar-refractivity contribution is 5.72. The molecule has 2 aromatic rings. The van der Waals surface area contributed by atoms with Crippen molar-refractivity contribution in [3.05, 3.63) is 71.8 Å². The first-order valence-electron chi connectivity index (χ1n) is 8.59. The maximum Gasteiger partial charge on any atom is 0.411 e. The van der Waals surface area contributed by atoms with Gasteiger partial charge in [0, 0.05) is 6.54 Å². The van der Waals surface area contributed by atoms with Gasteiger partial charge in [-0.15, -0.1) is 0 Å². The number of hydrogen-bond donors (Lipinski definition) is 1. The number of ether oxygens (including phenoxy) is 1. The van der Waals surface area contributed by atoms with E-state index < -0.39 is 23.7 Å². The number of carbonyl (C=O) groups excluding carboxylic acids is 1. The summed E-state index contributed by atoms with van der Waals surface area (Å²) in [5.41, 5.74) is 1.13. The van der Waals surface area contributed by atoms with Crippen molar-refractivity contribution in [2.24, 2.45) is 0 Å². The van der Waals surface area contributed by atoms with Crippen LogP contribution in [0.3, 0.4) is 0 Å². The first-order valence-corrected chi connectivity index (χ1v) is 8.59. The minimum absolute atomic E-state index is 0.0543. The van der Waals surface area contributed by atoms with Crippen LogP contribution in [-0.2, 0) is 9.53 Å². The van der Waals surface area contributed by atoms with Gasteiger partial charge in [0.05, 0.1) is 12.5 Å². The maximum atomic E-state index is 12.9. The summed E-state index contributed by atoms with van der Waals surface area (Å²) in [4.78, 5) is 25.5. The van der Waals surface area contributed by atoms with Crippen LogP contribution in [0.4, 0.5) is 4.79 Å². The van der Waals surface area contributed by atoms with Crippen LogP contribution in [0.15, 0.2) is 60.7 Å². The topological polar surface area (TPSA) is 66.8 Å². The van der Waals surface area contributed by atoms with Gasteiger partial charge in [-0.05, 0) is 31.9 Å². The summed E-state index contributed by atoms with van der Waals surface area (Å²) in [7, 11) is 0. The summed E-state index contributed by atoms with van der Waals surface area (Å²) in [6.07, 6.45) is -0.688. The van der Waals surface area contributed by atoms with Gasteiger partial charge < -0.3 is 9.84 Å². The van der Waals surface area contributed by atoms with Gasteiger partial charge in [0.1, 0.15) is 5.60 Å². The van der Waals surface area contributed by atoms with Gasteiger partial charge in [0.2, 0.25) is 0 Å². The molecule has 2 rings (SSSR count). The number of hydrogen-bond acceptors (Lipinski definition) is 3. The zero-order chi connectivity index (χ0) is 19.2. The normalized spacial score (nSPS) is 11.2. The van der Waals surface area contributed by atoms with E-state index in [4.69, 9.17) is 9.84 Å². The second-order valence-electron chi connectivity index (χ2n) is 7.04. The molecule has 0 fully saturated rings. The number of amides is 1. The van der Waals surface area contributed by atoms with Crippen LogP contribution in [-0.4, -0.2) is 34.2 Å². The fraction of sp³-hybridized carbons (Fsp3) is 0.333. The number of carboxylic acid groups (broad SMARTS) is 1. The van der Waals surface area contributed by atoms with Crippen molar-refractivity contribution >= 4 is 12.1 Å². The van der Waals surface area contributed by atoms with E-state index in [9.17, 15) is 9.59 Å². The minimum Gasteiger partial charge on any atom is -0.481 e. The van der Waals surface area contributed by atoms with Crippen molar-refractivity contribution in [2.45, 2.75) is 38.8 Å². The second kappa shape index (κ2) is 8.52. The molecule has 0 spiro atoms. The van der Waals surface area contributed by atoms with Crippen LogP contribution >= 0.6 is 0 Å². The maximum absolute atomic E-state index is 12.9. The minimum atomic E-state index is -0.960. The van der Waals surface area contributed by atoms with Crippen molar-refractivity contribution in [3.63, 3.8) is 0 Å². The van der Waals surface area contributed by atoms with Crippen LogP contribution in [0.25, 0.3) is 0 Å². The summed E-state index contributed by atoms with van der Waals surface area (Å²) in [5, 5.41) is 9.12. The Kier molecular flexibility index (Phi) is 6.39. The molecule has 0 bridgehead atoms. The average Bonchev–Trinajstić information content (AvgIpc) is 2.58. The SMILES string of the molecule is CC(C)(C)OC(=O)N(CCC(=O)O)C(c1ccccc1)c1ccccc1. The summed E-state index contributed by atoms with van der Waals surface area (Å²) >= 11 is 0. The highest BCUT2D eigenvalue weighted by Crippen LogP contribution is 2.30. The predicted molar refractivity (Wildman–Crippen MR) is 99.9 cm³/mol. The average molecular weight is 355 g/mol. The lowest BCUT2D eigenvalue weighted by molar-refractivity contribution is -0.137. The number of aliphatic carboxylic acids is 1. The van der Waals surface area contributed by atoms with Crippen molar-refractivity contribution in [1.82, 2.24) is 4.90 Å². The molecule has 1 N–H and O–H groups in total. The third kappa shape index (κ3) is 5.62. The van der Waals surface area contributed by atoms with Gasteiger partial charge in [0.25, 0.3) is 0 Å². The van der Waals surface area contributed by atoms with Gasteiger partial charge in [-0.25, -0.2) is 4.79 Å². The first-order chi connectivity index (χ1) is 12.3. The van der Waals surface area contributed by atoms with Gasteiger partial charge >= 0.3 is 12.1 Å². The van der Waals surface area contributed by atoms with Gasteiger partial charge in [-0.1, -0.05) is 60.7 Å². The molecule has 0 aromatic heterocycles. The van der Waals surface area contributed by atoms with Crippen LogP contribution in [0, 0.1) is 0 Å². The Hall–Kier alpha value is -2.82. The lowest BCUT2D eigenvalue weighted by Crippen LogP contribution is -2.41. The van der Waals surface area contributed by atoms with E-state index in [1.54, 1.807) is 20.8 Å². The highest BCUT2D eigenvalue weighted by atomic mass is 16.6. The molecule has 0 heterocycles. The van der Waals surface area contributed by atoms with Crippen molar-refractivity contribution in [3.8, 4) is 0 Å².